The molecule has 130 valence electrons. The summed E-state index contributed by atoms with van der Waals surface area (Å²) in [5, 5.41) is 6.33. The first kappa shape index (κ1) is 17.0. The summed E-state index contributed by atoms with van der Waals surface area (Å²) >= 11 is 0. The van der Waals surface area contributed by atoms with Gasteiger partial charge in [-0.25, -0.2) is 0 Å². The molecule has 1 saturated carbocycles. The molecule has 0 spiro atoms. The minimum atomic E-state index is 0.0974. The van der Waals surface area contributed by atoms with Crippen LogP contribution in [0.4, 0.5) is 0 Å². The van der Waals surface area contributed by atoms with Crippen LogP contribution in [-0.4, -0.2) is 42.9 Å². The Hall–Kier alpha value is -1.88. The van der Waals surface area contributed by atoms with Gasteiger partial charge in [0, 0.05) is 37.7 Å². The van der Waals surface area contributed by atoms with Gasteiger partial charge in [0.25, 0.3) is 5.91 Å². The molecule has 2 N–H and O–H groups in total. The van der Waals surface area contributed by atoms with E-state index in [4.69, 9.17) is 0 Å². The number of hydrogen-bond acceptors (Lipinski definition) is 3. The van der Waals surface area contributed by atoms with E-state index in [0.29, 0.717) is 6.54 Å². The van der Waals surface area contributed by atoms with Crippen LogP contribution in [-0.2, 0) is 11.3 Å². The third-order valence-electron chi connectivity index (χ3n) is 5.02. The molecular formula is C19H27N3O2. The van der Waals surface area contributed by atoms with Crippen molar-refractivity contribution in [3.05, 3.63) is 35.4 Å². The van der Waals surface area contributed by atoms with Crippen molar-refractivity contribution in [2.75, 3.05) is 26.2 Å². The smallest absolute Gasteiger partial charge is 0.253 e. The Labute approximate surface area is 143 Å². The van der Waals surface area contributed by atoms with Crippen LogP contribution >= 0.6 is 0 Å². The minimum absolute atomic E-state index is 0.0974. The Morgan fingerprint density at radius 2 is 1.79 bits per heavy atom. The lowest BCUT2D eigenvalue weighted by atomic mass is 10.1. The standard InChI is InChI=1S/C19H27N3O2/c23-18(16-4-1-2-5-16)21-14-15-6-8-17(9-7-15)19(24)22-12-3-10-20-11-13-22/h6-9,16,20H,1-5,10-14H2,(H,21,23). The third kappa shape index (κ3) is 4.35. The van der Waals surface area contributed by atoms with Gasteiger partial charge in [0.15, 0.2) is 0 Å². The molecule has 5 heteroatoms. The highest BCUT2D eigenvalue weighted by atomic mass is 16.2. The van der Waals surface area contributed by atoms with Crippen molar-refractivity contribution in [2.24, 2.45) is 5.92 Å². The second-order valence-electron chi connectivity index (χ2n) is 6.79. The van der Waals surface area contributed by atoms with Gasteiger partial charge in [-0.15, -0.1) is 0 Å². The van der Waals surface area contributed by atoms with E-state index in [-0.39, 0.29) is 17.7 Å². The molecule has 0 bridgehead atoms. The van der Waals surface area contributed by atoms with Gasteiger partial charge in [-0.3, -0.25) is 9.59 Å². The average molecular weight is 329 g/mol. The van der Waals surface area contributed by atoms with Crippen LogP contribution in [0.1, 0.15) is 48.0 Å². The van der Waals surface area contributed by atoms with Crippen LogP contribution in [0.15, 0.2) is 24.3 Å². The van der Waals surface area contributed by atoms with Crippen molar-refractivity contribution in [3.63, 3.8) is 0 Å². The van der Waals surface area contributed by atoms with E-state index in [1.165, 1.54) is 12.8 Å². The lowest BCUT2D eigenvalue weighted by Crippen LogP contribution is -2.34. The summed E-state index contributed by atoms with van der Waals surface area (Å²) in [4.78, 5) is 26.5. The Morgan fingerprint density at radius 3 is 2.54 bits per heavy atom. The van der Waals surface area contributed by atoms with Gasteiger partial charge in [0.2, 0.25) is 5.91 Å². The molecule has 0 atom stereocenters. The van der Waals surface area contributed by atoms with E-state index < -0.39 is 0 Å². The Balaban J connectivity index is 1.52. The number of rotatable bonds is 4. The molecule has 2 aliphatic rings. The van der Waals surface area contributed by atoms with Gasteiger partial charge in [-0.2, -0.15) is 0 Å². The highest BCUT2D eigenvalue weighted by Crippen LogP contribution is 2.24. The minimum Gasteiger partial charge on any atom is -0.352 e. The molecule has 1 aromatic carbocycles. The van der Waals surface area contributed by atoms with Crippen molar-refractivity contribution >= 4 is 11.8 Å². The number of benzene rings is 1. The fraction of sp³-hybridized carbons (Fsp3) is 0.579. The van der Waals surface area contributed by atoms with Crippen molar-refractivity contribution in [2.45, 2.75) is 38.6 Å². The van der Waals surface area contributed by atoms with Crippen LogP contribution in [0.3, 0.4) is 0 Å². The summed E-state index contributed by atoms with van der Waals surface area (Å²) in [5.74, 6) is 0.465. The third-order valence-corrected chi connectivity index (χ3v) is 5.02. The predicted molar refractivity (Wildman–Crippen MR) is 93.6 cm³/mol. The summed E-state index contributed by atoms with van der Waals surface area (Å²) in [6.45, 7) is 3.95. The van der Waals surface area contributed by atoms with Gasteiger partial charge < -0.3 is 15.5 Å². The fourth-order valence-electron chi connectivity index (χ4n) is 3.52. The number of carbonyl (C=O) groups excluding carboxylic acids is 2. The first-order chi connectivity index (χ1) is 11.7. The molecule has 24 heavy (non-hydrogen) atoms. The molecule has 1 aliphatic carbocycles. The van der Waals surface area contributed by atoms with E-state index >= 15 is 0 Å². The van der Waals surface area contributed by atoms with Crippen LogP contribution < -0.4 is 10.6 Å². The van der Waals surface area contributed by atoms with E-state index in [1.807, 2.05) is 29.2 Å². The Morgan fingerprint density at radius 1 is 1.04 bits per heavy atom. The molecule has 1 aromatic rings. The zero-order valence-electron chi connectivity index (χ0n) is 14.2. The quantitative estimate of drug-likeness (QED) is 0.887. The van der Waals surface area contributed by atoms with Crippen LogP contribution in [0.25, 0.3) is 0 Å². The number of nitrogens with zero attached hydrogens (tertiary/aromatic N) is 1. The Kier molecular flexibility index (Phi) is 5.86. The molecule has 0 unspecified atom stereocenters. The van der Waals surface area contributed by atoms with Gasteiger partial charge in [-0.05, 0) is 43.5 Å². The second-order valence-corrected chi connectivity index (χ2v) is 6.79. The summed E-state index contributed by atoms with van der Waals surface area (Å²) < 4.78 is 0. The maximum absolute atomic E-state index is 12.5. The lowest BCUT2D eigenvalue weighted by Gasteiger charge is -2.20. The highest BCUT2D eigenvalue weighted by Gasteiger charge is 2.22. The average Bonchev–Trinajstić information content (AvgIpc) is 3.02. The SMILES string of the molecule is O=C(NCc1ccc(C(=O)N2CCCNCC2)cc1)C1CCCC1. The van der Waals surface area contributed by atoms with Gasteiger partial charge >= 0.3 is 0 Å². The van der Waals surface area contributed by atoms with Crippen LogP contribution in [0.5, 0.6) is 0 Å². The van der Waals surface area contributed by atoms with Crippen molar-refractivity contribution in [3.8, 4) is 0 Å². The maximum atomic E-state index is 12.5. The molecule has 5 nitrogen and oxygen atoms in total. The molecule has 1 saturated heterocycles. The lowest BCUT2D eigenvalue weighted by molar-refractivity contribution is -0.124. The van der Waals surface area contributed by atoms with E-state index in [9.17, 15) is 9.59 Å². The first-order valence-corrected chi connectivity index (χ1v) is 9.11. The molecular weight excluding hydrogens is 302 g/mol. The van der Waals surface area contributed by atoms with Crippen molar-refractivity contribution in [1.82, 2.24) is 15.5 Å². The summed E-state index contributed by atoms with van der Waals surface area (Å²) in [6, 6.07) is 7.63. The number of carbonyl (C=O) groups is 2. The first-order valence-electron chi connectivity index (χ1n) is 9.11. The summed E-state index contributed by atoms with van der Waals surface area (Å²) in [7, 11) is 0. The largest absolute Gasteiger partial charge is 0.352 e. The number of amides is 2. The molecule has 2 amide bonds. The van der Waals surface area contributed by atoms with E-state index in [1.54, 1.807) is 0 Å². The second kappa shape index (κ2) is 8.29. The van der Waals surface area contributed by atoms with E-state index in [0.717, 1.165) is 56.6 Å². The zero-order chi connectivity index (χ0) is 16.8. The normalized spacial score (nSPS) is 19.1. The van der Waals surface area contributed by atoms with E-state index in [2.05, 4.69) is 10.6 Å². The van der Waals surface area contributed by atoms with Gasteiger partial charge in [-0.1, -0.05) is 25.0 Å². The maximum Gasteiger partial charge on any atom is 0.253 e. The molecule has 1 aliphatic heterocycles. The van der Waals surface area contributed by atoms with Gasteiger partial charge in [0.1, 0.15) is 0 Å². The Bertz CT molecular complexity index is 556. The zero-order valence-corrected chi connectivity index (χ0v) is 14.2. The van der Waals surface area contributed by atoms with Crippen molar-refractivity contribution < 1.29 is 9.59 Å². The molecule has 3 rings (SSSR count). The summed E-state index contributed by atoms with van der Waals surface area (Å²) in [6.07, 6.45) is 5.37. The topological polar surface area (TPSA) is 61.4 Å². The van der Waals surface area contributed by atoms with Crippen LogP contribution in [0.2, 0.25) is 0 Å². The molecule has 2 fully saturated rings. The van der Waals surface area contributed by atoms with Gasteiger partial charge in [0.05, 0.1) is 0 Å². The fourth-order valence-corrected chi connectivity index (χ4v) is 3.52. The molecule has 1 heterocycles. The summed E-state index contributed by atoms with van der Waals surface area (Å²) in [5.41, 5.74) is 1.76. The van der Waals surface area contributed by atoms with Crippen molar-refractivity contribution in [1.29, 1.82) is 0 Å². The molecule has 0 radical (unpaired) electrons. The highest BCUT2D eigenvalue weighted by molar-refractivity contribution is 5.94. The van der Waals surface area contributed by atoms with Crippen LogP contribution in [0, 0.1) is 5.92 Å². The molecule has 0 aromatic heterocycles. The predicted octanol–water partition coefficient (Wildman–Crippen LogP) is 1.93. The number of nitrogens with one attached hydrogen (secondary N) is 2. The number of hydrogen-bond donors (Lipinski definition) is 2. The monoisotopic (exact) mass is 329 g/mol.